The van der Waals surface area contributed by atoms with Crippen LogP contribution < -0.4 is 4.90 Å². The lowest BCUT2D eigenvalue weighted by Crippen LogP contribution is -3.10. The zero-order valence-corrected chi connectivity index (χ0v) is 14.6. The van der Waals surface area contributed by atoms with Crippen LogP contribution in [-0.2, 0) is 17.6 Å². The lowest BCUT2D eigenvalue weighted by atomic mass is 9.97. The van der Waals surface area contributed by atoms with Gasteiger partial charge in [-0.1, -0.05) is 48.5 Å². The molecule has 1 fully saturated rings. The molecule has 2 heteroatoms. The van der Waals surface area contributed by atoms with Crippen LogP contribution in [0.5, 0.6) is 0 Å². The van der Waals surface area contributed by atoms with Crippen molar-refractivity contribution in [1.82, 2.24) is 0 Å². The molecule has 1 N–H and O–H groups in total. The molecule has 4 rings (SSSR count). The summed E-state index contributed by atoms with van der Waals surface area (Å²) in [7, 11) is 2.33. The molecule has 1 aliphatic heterocycles. The van der Waals surface area contributed by atoms with Crippen LogP contribution in [-0.4, -0.2) is 26.2 Å². The number of nitrogens with one attached hydrogen (secondary N) is 1. The van der Waals surface area contributed by atoms with E-state index in [-0.39, 0.29) is 6.10 Å². The number of aryl methyl sites for hydroxylation is 2. The molecular weight excluding hydrogens is 294 g/mol. The molecule has 0 saturated carbocycles. The quantitative estimate of drug-likeness (QED) is 0.914. The molecule has 2 aromatic carbocycles. The zero-order chi connectivity index (χ0) is 16.4. The fourth-order valence-electron chi connectivity index (χ4n) is 4.45. The van der Waals surface area contributed by atoms with Gasteiger partial charge < -0.3 is 9.64 Å². The van der Waals surface area contributed by atoms with E-state index in [1.54, 1.807) is 4.90 Å². The third-order valence-corrected chi connectivity index (χ3v) is 5.91. The highest BCUT2D eigenvalue weighted by atomic mass is 16.5. The van der Waals surface area contributed by atoms with Gasteiger partial charge in [0.1, 0.15) is 6.10 Å². The molecule has 1 saturated heterocycles. The highest BCUT2D eigenvalue weighted by Gasteiger charge is 2.27. The van der Waals surface area contributed by atoms with Gasteiger partial charge in [0, 0.05) is 19.3 Å². The second-order valence-corrected chi connectivity index (χ2v) is 7.37. The van der Waals surface area contributed by atoms with Crippen molar-refractivity contribution in [3.8, 4) is 0 Å². The Morgan fingerprint density at radius 2 is 1.58 bits per heavy atom. The third-order valence-electron chi connectivity index (χ3n) is 5.91. The van der Waals surface area contributed by atoms with Crippen molar-refractivity contribution in [3.63, 3.8) is 0 Å². The third kappa shape index (κ3) is 3.13. The van der Waals surface area contributed by atoms with Crippen LogP contribution in [0.2, 0.25) is 0 Å². The molecule has 0 aromatic heterocycles. The van der Waals surface area contributed by atoms with E-state index in [4.69, 9.17) is 4.74 Å². The Hall–Kier alpha value is -1.64. The van der Waals surface area contributed by atoms with Gasteiger partial charge in [-0.25, -0.2) is 0 Å². The summed E-state index contributed by atoms with van der Waals surface area (Å²) in [5.74, 6) is 0. The molecule has 2 aliphatic rings. The Bertz CT molecular complexity index is 648. The Balaban J connectivity index is 1.56. The summed E-state index contributed by atoms with van der Waals surface area (Å²) in [6.07, 6.45) is 6.22. The van der Waals surface area contributed by atoms with Crippen molar-refractivity contribution in [3.05, 3.63) is 70.8 Å². The second kappa shape index (κ2) is 7.08. The highest BCUT2D eigenvalue weighted by molar-refractivity contribution is 5.43. The highest BCUT2D eigenvalue weighted by Crippen LogP contribution is 2.35. The number of quaternary nitrogens is 1. The largest absolute Gasteiger partial charge is 0.369 e. The van der Waals surface area contributed by atoms with Crippen LogP contribution in [0.3, 0.4) is 0 Å². The summed E-state index contributed by atoms with van der Waals surface area (Å²) >= 11 is 0. The molecule has 24 heavy (non-hydrogen) atoms. The van der Waals surface area contributed by atoms with Crippen LogP contribution >= 0.6 is 0 Å². The van der Waals surface area contributed by atoms with Crippen molar-refractivity contribution < 1.29 is 9.64 Å². The molecule has 126 valence electrons. The molecule has 0 amide bonds. The number of ether oxygens (including phenoxy) is 1. The fourth-order valence-corrected chi connectivity index (χ4v) is 4.45. The first-order valence-corrected chi connectivity index (χ1v) is 9.42. The van der Waals surface area contributed by atoms with Crippen LogP contribution in [0.15, 0.2) is 48.5 Å². The molecule has 0 radical (unpaired) electrons. The first kappa shape index (κ1) is 15.9. The smallest absolute Gasteiger partial charge is 0.108 e. The molecule has 2 aromatic rings. The zero-order valence-electron chi connectivity index (χ0n) is 14.6. The summed E-state index contributed by atoms with van der Waals surface area (Å²) < 4.78 is 6.51. The standard InChI is InChI=1S/C22H27NO/c1-23-15-6-9-19(23)14-16-24-22-20-10-4-2-7-17(20)12-13-18-8-3-5-11-21(18)22/h2-5,7-8,10-11,19,22H,6,9,12-16H2,1H3/p+1/t19-/m0/s1. The van der Waals surface area contributed by atoms with Crippen molar-refractivity contribution >= 4 is 0 Å². The monoisotopic (exact) mass is 322 g/mol. The molecule has 0 spiro atoms. The van der Waals surface area contributed by atoms with E-state index in [0.29, 0.717) is 0 Å². The van der Waals surface area contributed by atoms with E-state index in [0.717, 1.165) is 25.5 Å². The minimum Gasteiger partial charge on any atom is -0.369 e. The van der Waals surface area contributed by atoms with Gasteiger partial charge >= 0.3 is 0 Å². The second-order valence-electron chi connectivity index (χ2n) is 7.37. The minimum atomic E-state index is 0.0987. The molecule has 2 nitrogen and oxygen atoms in total. The van der Waals surface area contributed by atoms with E-state index >= 15 is 0 Å². The summed E-state index contributed by atoms with van der Waals surface area (Å²) in [5.41, 5.74) is 5.63. The van der Waals surface area contributed by atoms with E-state index in [1.807, 2.05) is 0 Å². The maximum atomic E-state index is 6.51. The Morgan fingerprint density at radius 1 is 0.958 bits per heavy atom. The maximum Gasteiger partial charge on any atom is 0.108 e. The fraction of sp³-hybridized carbons (Fsp3) is 0.455. The van der Waals surface area contributed by atoms with Gasteiger partial charge in [-0.2, -0.15) is 0 Å². The molecule has 2 atom stereocenters. The van der Waals surface area contributed by atoms with Gasteiger partial charge in [-0.3, -0.25) is 0 Å². The summed E-state index contributed by atoms with van der Waals surface area (Å²) in [6.45, 7) is 2.18. The van der Waals surface area contributed by atoms with Gasteiger partial charge in [0.05, 0.1) is 26.2 Å². The lowest BCUT2D eigenvalue weighted by molar-refractivity contribution is -0.892. The summed E-state index contributed by atoms with van der Waals surface area (Å²) in [4.78, 5) is 1.68. The van der Waals surface area contributed by atoms with Crippen LogP contribution in [0, 0.1) is 0 Å². The predicted molar refractivity (Wildman–Crippen MR) is 97.5 cm³/mol. The lowest BCUT2D eigenvalue weighted by Gasteiger charge is -2.23. The Kier molecular flexibility index (Phi) is 4.68. The van der Waals surface area contributed by atoms with Crippen molar-refractivity contribution in [2.75, 3.05) is 20.2 Å². The Morgan fingerprint density at radius 3 is 2.17 bits per heavy atom. The molecular formula is C22H28NO+. The van der Waals surface area contributed by atoms with E-state index in [1.165, 1.54) is 48.1 Å². The molecule has 1 unspecified atom stereocenters. The number of hydrogen-bond donors (Lipinski definition) is 1. The van der Waals surface area contributed by atoms with Gasteiger partial charge in [0.15, 0.2) is 0 Å². The molecule has 1 heterocycles. The van der Waals surface area contributed by atoms with Gasteiger partial charge in [0.2, 0.25) is 0 Å². The Labute approximate surface area is 145 Å². The topological polar surface area (TPSA) is 13.7 Å². The SMILES string of the molecule is C[NH+]1CCC[C@H]1CCOC1c2ccccc2CCc2ccccc21. The number of rotatable bonds is 4. The van der Waals surface area contributed by atoms with Crippen LogP contribution in [0.4, 0.5) is 0 Å². The van der Waals surface area contributed by atoms with Gasteiger partial charge in [-0.15, -0.1) is 0 Å². The summed E-state index contributed by atoms with van der Waals surface area (Å²) in [5, 5.41) is 0. The maximum absolute atomic E-state index is 6.51. The van der Waals surface area contributed by atoms with E-state index in [2.05, 4.69) is 55.6 Å². The van der Waals surface area contributed by atoms with E-state index < -0.39 is 0 Å². The minimum absolute atomic E-state index is 0.0987. The number of likely N-dealkylation sites (tertiary alicyclic amines) is 1. The number of fused-ring (bicyclic) bond motifs is 2. The predicted octanol–water partition coefficient (Wildman–Crippen LogP) is 2.96. The normalized spacial score (nSPS) is 23.5. The summed E-state index contributed by atoms with van der Waals surface area (Å²) in [6, 6.07) is 18.5. The first-order chi connectivity index (χ1) is 11.8. The average Bonchev–Trinajstić information content (AvgIpc) is 2.95. The number of benzene rings is 2. The molecule has 0 bridgehead atoms. The van der Waals surface area contributed by atoms with Gasteiger partial charge in [-0.05, 0) is 35.1 Å². The van der Waals surface area contributed by atoms with Crippen molar-refractivity contribution in [2.45, 2.75) is 44.2 Å². The van der Waals surface area contributed by atoms with Crippen molar-refractivity contribution in [2.24, 2.45) is 0 Å². The van der Waals surface area contributed by atoms with Crippen molar-refractivity contribution in [1.29, 1.82) is 0 Å². The first-order valence-electron chi connectivity index (χ1n) is 9.42. The van der Waals surface area contributed by atoms with E-state index in [9.17, 15) is 0 Å². The van der Waals surface area contributed by atoms with Crippen LogP contribution in [0.25, 0.3) is 0 Å². The number of hydrogen-bond acceptors (Lipinski definition) is 1. The van der Waals surface area contributed by atoms with Gasteiger partial charge in [0.25, 0.3) is 0 Å². The van der Waals surface area contributed by atoms with Crippen LogP contribution in [0.1, 0.15) is 47.6 Å². The average molecular weight is 322 g/mol. The molecule has 1 aliphatic carbocycles.